The van der Waals surface area contributed by atoms with Crippen LogP contribution in [0.2, 0.25) is 0 Å². The summed E-state index contributed by atoms with van der Waals surface area (Å²) >= 11 is 0. The minimum Gasteiger partial charge on any atom is -0.445 e. The molecule has 2 aromatic heterocycles. The van der Waals surface area contributed by atoms with Gasteiger partial charge in [0, 0.05) is 25.8 Å². The van der Waals surface area contributed by atoms with Crippen LogP contribution in [0.15, 0.2) is 23.0 Å². The largest absolute Gasteiger partial charge is 0.445 e. The Kier molecular flexibility index (Phi) is 5.13. The number of oxazole rings is 1. The average molecular weight is 317 g/mol. The van der Waals surface area contributed by atoms with Gasteiger partial charge in [0.25, 0.3) is 0 Å². The third kappa shape index (κ3) is 4.42. The van der Waals surface area contributed by atoms with Crippen LogP contribution in [0.5, 0.6) is 0 Å². The molecule has 2 aromatic rings. The molecule has 0 N–H and O–H groups in total. The van der Waals surface area contributed by atoms with Gasteiger partial charge in [0.15, 0.2) is 0 Å². The summed E-state index contributed by atoms with van der Waals surface area (Å²) in [6, 6.07) is 0.598. The predicted molar refractivity (Wildman–Crippen MR) is 89.1 cm³/mol. The Morgan fingerprint density at radius 3 is 2.96 bits per heavy atom. The van der Waals surface area contributed by atoms with Gasteiger partial charge in [0.2, 0.25) is 5.89 Å². The SMILES string of the molecule is Cc1cnc(CN(C)[C@@H]2CCN(CCCc3cnn(C)c3)C2)o1. The Bertz CT molecular complexity index is 620. The minimum atomic E-state index is 0.598. The quantitative estimate of drug-likeness (QED) is 0.780. The van der Waals surface area contributed by atoms with Crippen molar-refractivity contribution < 1.29 is 4.42 Å². The first-order valence-corrected chi connectivity index (χ1v) is 8.41. The standard InChI is InChI=1S/C17H27N5O/c1-14-9-18-17(23-14)13-20(2)16-6-8-22(12-16)7-4-5-15-10-19-21(3)11-15/h9-11,16H,4-8,12-13H2,1-3H3/t16-/m1/s1. The Morgan fingerprint density at radius 1 is 1.39 bits per heavy atom. The van der Waals surface area contributed by atoms with Crippen LogP contribution in [0.1, 0.15) is 30.1 Å². The minimum absolute atomic E-state index is 0.598. The Balaban J connectivity index is 1.39. The molecule has 0 amide bonds. The fourth-order valence-electron chi connectivity index (χ4n) is 3.30. The molecule has 0 unspecified atom stereocenters. The van der Waals surface area contributed by atoms with Gasteiger partial charge in [-0.15, -0.1) is 0 Å². The number of aromatic nitrogens is 3. The molecule has 1 fully saturated rings. The molecule has 0 radical (unpaired) electrons. The van der Waals surface area contributed by atoms with E-state index in [-0.39, 0.29) is 0 Å². The summed E-state index contributed by atoms with van der Waals surface area (Å²) < 4.78 is 7.46. The summed E-state index contributed by atoms with van der Waals surface area (Å²) in [5, 5.41) is 4.23. The van der Waals surface area contributed by atoms with Crippen molar-refractivity contribution in [3.63, 3.8) is 0 Å². The van der Waals surface area contributed by atoms with Gasteiger partial charge in [-0.1, -0.05) is 0 Å². The second-order valence-electron chi connectivity index (χ2n) is 6.65. The van der Waals surface area contributed by atoms with Gasteiger partial charge in [-0.2, -0.15) is 5.10 Å². The molecule has 6 heteroatoms. The lowest BCUT2D eigenvalue weighted by Gasteiger charge is -2.23. The molecule has 0 saturated carbocycles. The summed E-state index contributed by atoms with van der Waals surface area (Å²) in [5.74, 6) is 1.71. The molecule has 0 spiro atoms. The van der Waals surface area contributed by atoms with Gasteiger partial charge >= 0.3 is 0 Å². The lowest BCUT2D eigenvalue weighted by atomic mass is 10.2. The third-order valence-corrected chi connectivity index (χ3v) is 4.62. The topological polar surface area (TPSA) is 50.3 Å². The molecule has 0 aliphatic carbocycles. The predicted octanol–water partition coefficient (Wildman–Crippen LogP) is 1.86. The fourth-order valence-corrected chi connectivity index (χ4v) is 3.30. The van der Waals surface area contributed by atoms with E-state index in [2.05, 4.69) is 33.1 Å². The molecule has 1 aliphatic heterocycles. The van der Waals surface area contributed by atoms with E-state index >= 15 is 0 Å². The number of likely N-dealkylation sites (tertiary alicyclic amines) is 1. The first-order chi connectivity index (χ1) is 11.1. The van der Waals surface area contributed by atoms with E-state index in [1.165, 1.54) is 24.9 Å². The van der Waals surface area contributed by atoms with Crippen molar-refractivity contribution in [2.24, 2.45) is 7.05 Å². The highest BCUT2D eigenvalue weighted by atomic mass is 16.4. The molecule has 1 atom stereocenters. The van der Waals surface area contributed by atoms with Crippen molar-refractivity contribution in [1.82, 2.24) is 24.6 Å². The fraction of sp³-hybridized carbons (Fsp3) is 0.647. The number of nitrogens with zero attached hydrogens (tertiary/aromatic N) is 5. The zero-order valence-corrected chi connectivity index (χ0v) is 14.4. The molecule has 3 heterocycles. The molecule has 23 heavy (non-hydrogen) atoms. The van der Waals surface area contributed by atoms with Crippen molar-refractivity contribution in [2.75, 3.05) is 26.7 Å². The Morgan fingerprint density at radius 2 is 2.26 bits per heavy atom. The van der Waals surface area contributed by atoms with E-state index in [0.29, 0.717) is 6.04 Å². The third-order valence-electron chi connectivity index (χ3n) is 4.62. The van der Waals surface area contributed by atoms with Crippen LogP contribution >= 0.6 is 0 Å². The van der Waals surface area contributed by atoms with E-state index < -0.39 is 0 Å². The maximum Gasteiger partial charge on any atom is 0.208 e. The lowest BCUT2D eigenvalue weighted by molar-refractivity contribution is 0.205. The van der Waals surface area contributed by atoms with Crippen LogP contribution in [0.25, 0.3) is 0 Å². The normalized spacial score (nSPS) is 19.0. The highest BCUT2D eigenvalue weighted by Gasteiger charge is 2.26. The molecule has 1 aliphatic rings. The maximum atomic E-state index is 5.58. The first kappa shape index (κ1) is 16.2. The van der Waals surface area contributed by atoms with Gasteiger partial charge in [-0.25, -0.2) is 4.98 Å². The maximum absolute atomic E-state index is 5.58. The highest BCUT2D eigenvalue weighted by Crippen LogP contribution is 2.17. The number of hydrogen-bond donors (Lipinski definition) is 0. The van der Waals surface area contributed by atoms with E-state index in [0.717, 1.165) is 37.7 Å². The van der Waals surface area contributed by atoms with Crippen LogP contribution in [0.3, 0.4) is 0 Å². The molecular formula is C17H27N5O. The highest BCUT2D eigenvalue weighted by molar-refractivity contribution is 5.03. The molecular weight excluding hydrogens is 290 g/mol. The van der Waals surface area contributed by atoms with E-state index in [4.69, 9.17) is 4.42 Å². The van der Waals surface area contributed by atoms with Crippen LogP contribution in [0, 0.1) is 6.92 Å². The smallest absolute Gasteiger partial charge is 0.208 e. The first-order valence-electron chi connectivity index (χ1n) is 8.41. The number of hydrogen-bond acceptors (Lipinski definition) is 5. The lowest BCUT2D eigenvalue weighted by Crippen LogP contribution is -2.34. The second-order valence-corrected chi connectivity index (χ2v) is 6.65. The van der Waals surface area contributed by atoms with Crippen LogP contribution < -0.4 is 0 Å². The van der Waals surface area contributed by atoms with Crippen molar-refractivity contribution in [3.8, 4) is 0 Å². The van der Waals surface area contributed by atoms with Crippen LogP contribution in [-0.4, -0.2) is 57.3 Å². The molecule has 0 aromatic carbocycles. The Hall–Kier alpha value is -1.66. The molecule has 126 valence electrons. The van der Waals surface area contributed by atoms with E-state index in [1.54, 1.807) is 6.20 Å². The van der Waals surface area contributed by atoms with Crippen molar-refractivity contribution >= 4 is 0 Å². The monoisotopic (exact) mass is 317 g/mol. The average Bonchev–Trinajstić information content (AvgIpc) is 3.22. The van der Waals surface area contributed by atoms with Crippen LogP contribution in [0.4, 0.5) is 0 Å². The summed E-state index contributed by atoms with van der Waals surface area (Å²) in [6.45, 7) is 6.23. The summed E-state index contributed by atoms with van der Waals surface area (Å²) in [6.07, 6.45) is 9.41. The summed E-state index contributed by atoms with van der Waals surface area (Å²) in [4.78, 5) is 9.24. The Labute approximate surface area is 138 Å². The van der Waals surface area contributed by atoms with E-state index in [9.17, 15) is 0 Å². The van der Waals surface area contributed by atoms with Crippen LogP contribution in [-0.2, 0) is 20.0 Å². The molecule has 6 nitrogen and oxygen atoms in total. The van der Waals surface area contributed by atoms with Gasteiger partial charge in [0.1, 0.15) is 5.76 Å². The molecule has 1 saturated heterocycles. The van der Waals surface area contributed by atoms with Crippen molar-refractivity contribution in [3.05, 3.63) is 35.8 Å². The number of rotatable bonds is 7. The van der Waals surface area contributed by atoms with Gasteiger partial charge in [-0.3, -0.25) is 9.58 Å². The van der Waals surface area contributed by atoms with Gasteiger partial charge < -0.3 is 9.32 Å². The van der Waals surface area contributed by atoms with Gasteiger partial charge in [0.05, 0.1) is 18.9 Å². The second kappa shape index (κ2) is 7.27. The number of aryl methyl sites for hydroxylation is 3. The van der Waals surface area contributed by atoms with Crippen molar-refractivity contribution in [2.45, 2.75) is 38.8 Å². The van der Waals surface area contributed by atoms with E-state index in [1.807, 2.05) is 24.9 Å². The van der Waals surface area contributed by atoms with Crippen molar-refractivity contribution in [1.29, 1.82) is 0 Å². The zero-order valence-electron chi connectivity index (χ0n) is 14.4. The zero-order chi connectivity index (χ0) is 16.2. The summed E-state index contributed by atoms with van der Waals surface area (Å²) in [5.41, 5.74) is 1.33. The molecule has 3 rings (SSSR count). The molecule has 0 bridgehead atoms. The van der Waals surface area contributed by atoms with Gasteiger partial charge in [-0.05, 0) is 51.9 Å². The number of likely N-dealkylation sites (N-methyl/N-ethyl adjacent to an activating group) is 1. The summed E-state index contributed by atoms with van der Waals surface area (Å²) in [7, 11) is 4.14.